The number of hydrogen-bond acceptors (Lipinski definition) is 5. The highest BCUT2D eigenvalue weighted by atomic mass is 32.2. The maximum absolute atomic E-state index is 13.8. The number of benzene rings is 1. The van der Waals surface area contributed by atoms with Gasteiger partial charge in [0.1, 0.15) is 18.1 Å². The molecule has 1 aromatic heterocycles. The molecule has 0 spiro atoms. The number of carbonyl (C=O) groups excluding carboxylic acids is 1. The first-order chi connectivity index (χ1) is 13.9. The van der Waals surface area contributed by atoms with Crippen LogP contribution in [-0.2, 0) is 11.3 Å². The fraction of sp³-hybridized carbons (Fsp3) is 0.286. The summed E-state index contributed by atoms with van der Waals surface area (Å²) < 4.78 is 19.5. The number of amides is 1. The molecule has 1 atom stereocenters. The van der Waals surface area contributed by atoms with Crippen molar-refractivity contribution in [2.24, 2.45) is 10.9 Å². The monoisotopic (exact) mass is 415 g/mol. The number of hydrogen-bond donors (Lipinski definition) is 1. The van der Waals surface area contributed by atoms with E-state index in [1.165, 1.54) is 30.9 Å². The van der Waals surface area contributed by atoms with Gasteiger partial charge in [-0.3, -0.25) is 4.98 Å². The maximum Gasteiger partial charge on any atom is 0.411 e. The minimum atomic E-state index is -0.515. The number of alkyl carbamates (subject to hydrolysis) is 1. The average molecular weight is 416 g/mol. The van der Waals surface area contributed by atoms with Gasteiger partial charge in [0.2, 0.25) is 11.8 Å². The van der Waals surface area contributed by atoms with Gasteiger partial charge in [-0.25, -0.2) is 18.7 Å². The first-order valence-electron chi connectivity index (χ1n) is 9.27. The molecule has 3 rings (SSSR count). The Labute approximate surface area is 174 Å². The normalized spacial score (nSPS) is 18.4. The Hall–Kier alpha value is -2.71. The largest absolute Gasteiger partial charge is 0.411 e. The minimum Gasteiger partial charge on any atom is -0.398 e. The first kappa shape index (κ1) is 21.0. The van der Waals surface area contributed by atoms with Gasteiger partial charge in [-0.1, -0.05) is 19.9 Å². The Morgan fingerprint density at radius 2 is 2.03 bits per heavy atom. The highest BCUT2D eigenvalue weighted by Crippen LogP contribution is 2.43. The lowest BCUT2D eigenvalue weighted by Crippen LogP contribution is -2.46. The van der Waals surface area contributed by atoms with Crippen LogP contribution < -0.4 is 5.32 Å². The second-order valence-corrected chi connectivity index (χ2v) is 8.07. The van der Waals surface area contributed by atoms with Crippen LogP contribution in [0, 0.1) is 11.7 Å². The zero-order valence-electron chi connectivity index (χ0n) is 16.6. The summed E-state index contributed by atoms with van der Waals surface area (Å²) in [5, 5.41) is 3.39. The zero-order valence-corrected chi connectivity index (χ0v) is 17.4. The van der Waals surface area contributed by atoms with Gasteiger partial charge in [0.15, 0.2) is 6.34 Å². The summed E-state index contributed by atoms with van der Waals surface area (Å²) in [6.45, 7) is 4.71. The Morgan fingerprint density at radius 1 is 1.28 bits per heavy atom. The Morgan fingerprint density at radius 3 is 2.69 bits per heavy atom. The van der Waals surface area contributed by atoms with Gasteiger partial charge in [-0.15, -0.1) is 0 Å². The van der Waals surface area contributed by atoms with E-state index in [1.807, 2.05) is 18.2 Å². The van der Waals surface area contributed by atoms with Crippen molar-refractivity contribution in [3.63, 3.8) is 0 Å². The number of rotatable bonds is 7. The summed E-state index contributed by atoms with van der Waals surface area (Å²) in [4.78, 5) is 21.3. The smallest absolute Gasteiger partial charge is 0.398 e. The quantitative estimate of drug-likeness (QED) is 0.676. The Kier molecular flexibility index (Phi) is 6.66. The number of aromatic nitrogens is 1. The highest BCUT2D eigenvalue weighted by molar-refractivity contribution is 8.02. The fourth-order valence-electron chi connectivity index (χ4n) is 3.00. The molecule has 0 aliphatic carbocycles. The van der Waals surface area contributed by atoms with Crippen molar-refractivity contribution in [1.82, 2.24) is 10.3 Å². The summed E-state index contributed by atoms with van der Waals surface area (Å²) in [5.74, 6) is -0.144. The Balaban J connectivity index is 2.02. The number of nitrogens with zero attached hydrogens (tertiary/aromatic N) is 3. The topological polar surface area (TPSA) is 63.6 Å². The number of allylic oxidation sites excluding steroid dienone is 1. The van der Waals surface area contributed by atoms with Crippen LogP contribution in [0.2, 0.25) is 0 Å². The van der Waals surface area contributed by atoms with Crippen LogP contribution in [-0.4, -0.2) is 35.7 Å². The lowest BCUT2D eigenvalue weighted by atomic mass is 10.1. The highest BCUT2D eigenvalue weighted by Gasteiger charge is 2.42. The van der Waals surface area contributed by atoms with Gasteiger partial charge >= 0.3 is 6.09 Å². The van der Waals surface area contributed by atoms with Crippen molar-refractivity contribution in [3.05, 3.63) is 70.9 Å². The van der Waals surface area contributed by atoms with E-state index in [0.717, 1.165) is 21.2 Å². The number of nitrogens with one attached hydrogen (secondary N) is 1. The zero-order chi connectivity index (χ0) is 20.9. The van der Waals surface area contributed by atoms with Crippen LogP contribution >= 0.6 is 11.8 Å². The van der Waals surface area contributed by atoms with Gasteiger partial charge in [0.25, 0.3) is 0 Å². The van der Waals surface area contributed by atoms with Crippen molar-refractivity contribution in [2.45, 2.75) is 25.3 Å². The average Bonchev–Trinajstić information content (AvgIpc) is 3.05. The van der Waals surface area contributed by atoms with E-state index in [-0.39, 0.29) is 22.9 Å². The van der Waals surface area contributed by atoms with E-state index >= 15 is 0 Å². The molecule has 2 heterocycles. The summed E-state index contributed by atoms with van der Waals surface area (Å²) in [6.07, 6.45) is 4.75. The molecular formula is C21H24FN4O2S+. The molecule has 1 unspecified atom stereocenters. The van der Waals surface area contributed by atoms with E-state index < -0.39 is 6.09 Å². The van der Waals surface area contributed by atoms with E-state index in [9.17, 15) is 9.18 Å². The second kappa shape index (κ2) is 9.19. The van der Waals surface area contributed by atoms with Crippen molar-refractivity contribution in [2.75, 3.05) is 13.8 Å². The summed E-state index contributed by atoms with van der Waals surface area (Å²) >= 11 is 1.45. The fourth-order valence-corrected chi connectivity index (χ4v) is 4.28. The molecule has 152 valence electrons. The molecule has 8 heteroatoms. The van der Waals surface area contributed by atoms with Crippen molar-refractivity contribution in [3.8, 4) is 0 Å². The molecule has 0 bridgehead atoms. The van der Waals surface area contributed by atoms with Crippen molar-refractivity contribution < 1.29 is 18.4 Å². The van der Waals surface area contributed by atoms with Gasteiger partial charge in [-0.05, 0) is 42.1 Å². The van der Waals surface area contributed by atoms with Crippen LogP contribution in [0.15, 0.2) is 69.4 Å². The third-order valence-electron chi connectivity index (χ3n) is 4.44. The number of halogens is 1. The lowest BCUT2D eigenvalue weighted by molar-refractivity contribution is -0.819. The van der Waals surface area contributed by atoms with Crippen LogP contribution in [0.4, 0.5) is 9.18 Å². The third kappa shape index (κ3) is 5.02. The number of aliphatic imine (C=N–C) groups is 1. The number of quaternary nitrogens is 1. The molecule has 0 radical (unpaired) electrons. The molecule has 0 fully saturated rings. The molecule has 1 aromatic carbocycles. The van der Waals surface area contributed by atoms with Crippen LogP contribution in [0.3, 0.4) is 0 Å². The number of ether oxygens (including phenoxy) is 1. The standard InChI is InChI=1S/C21H23FN4O2S/c1-15(2)19-20(29-18-6-4-5-17(22)11-18)26(13-25-19,14-28-21(27)23-3)12-16-7-9-24-10-8-16/h4-11,13,15H,12,14H2,1-3H3/p+1. The lowest BCUT2D eigenvalue weighted by Gasteiger charge is -2.31. The van der Waals surface area contributed by atoms with Gasteiger partial charge < -0.3 is 10.1 Å². The second-order valence-electron chi connectivity index (χ2n) is 7.01. The maximum atomic E-state index is 13.8. The predicted octanol–water partition coefficient (Wildman–Crippen LogP) is 4.51. The SMILES string of the molecule is CNC(=O)OC[N+]1(Cc2ccncc2)C=NC(C(C)C)=C1Sc1cccc(F)c1. The summed E-state index contributed by atoms with van der Waals surface area (Å²) in [7, 11) is 1.52. The van der Waals surface area contributed by atoms with Gasteiger partial charge in [0.05, 0.1) is 0 Å². The molecule has 1 aliphatic heterocycles. The molecule has 1 N–H and O–H groups in total. The number of thioether (sulfide) groups is 1. The van der Waals surface area contributed by atoms with Crippen molar-refractivity contribution >= 4 is 24.2 Å². The number of pyridine rings is 1. The molecule has 29 heavy (non-hydrogen) atoms. The van der Waals surface area contributed by atoms with Crippen LogP contribution in [0.5, 0.6) is 0 Å². The van der Waals surface area contributed by atoms with E-state index in [2.05, 4.69) is 29.1 Å². The minimum absolute atomic E-state index is 0.0688. The van der Waals surface area contributed by atoms with E-state index in [0.29, 0.717) is 6.54 Å². The molecule has 0 saturated carbocycles. The summed E-state index contributed by atoms with van der Waals surface area (Å²) in [5.41, 5.74) is 1.92. The third-order valence-corrected chi connectivity index (χ3v) is 5.70. The van der Waals surface area contributed by atoms with Crippen LogP contribution in [0.1, 0.15) is 19.4 Å². The number of carbonyl (C=O) groups is 1. The van der Waals surface area contributed by atoms with E-state index in [4.69, 9.17) is 4.74 Å². The van der Waals surface area contributed by atoms with Crippen LogP contribution in [0.25, 0.3) is 0 Å². The molecule has 0 saturated heterocycles. The van der Waals surface area contributed by atoms with Crippen molar-refractivity contribution in [1.29, 1.82) is 0 Å². The first-order valence-corrected chi connectivity index (χ1v) is 10.1. The molecule has 2 aromatic rings. The van der Waals surface area contributed by atoms with Gasteiger partial charge in [-0.2, -0.15) is 0 Å². The predicted molar refractivity (Wildman–Crippen MR) is 111 cm³/mol. The molecule has 1 aliphatic rings. The molecular weight excluding hydrogens is 391 g/mol. The van der Waals surface area contributed by atoms with Gasteiger partial charge in [0, 0.05) is 35.8 Å². The van der Waals surface area contributed by atoms with E-state index in [1.54, 1.807) is 24.8 Å². The molecule has 1 amide bonds. The molecule has 6 nitrogen and oxygen atoms in total. The Bertz CT molecular complexity index is 933. The summed E-state index contributed by atoms with van der Waals surface area (Å²) in [6, 6.07) is 10.3.